The number of benzene rings is 3. The normalized spacial score (nSPS) is 16.2. The number of hydrogen-bond acceptors (Lipinski definition) is 10. The summed E-state index contributed by atoms with van der Waals surface area (Å²) in [7, 11) is -1.11. The van der Waals surface area contributed by atoms with Crippen LogP contribution in [0.15, 0.2) is 83.1 Å². The van der Waals surface area contributed by atoms with Gasteiger partial charge in [0.1, 0.15) is 9.77 Å². The molecule has 2 amide bonds. The molecule has 2 atom stereocenters. The predicted molar refractivity (Wildman–Crippen MR) is 194 cm³/mol. The molecule has 12 nitrogen and oxygen atoms in total. The molecule has 1 fully saturated rings. The van der Waals surface area contributed by atoms with Gasteiger partial charge in [0.25, 0.3) is 11.8 Å². The fraction of sp³-hybridized carbons (Fsp3) is 0.324. The van der Waals surface area contributed by atoms with E-state index in [1.165, 1.54) is 36.1 Å². The summed E-state index contributed by atoms with van der Waals surface area (Å²) in [5.41, 5.74) is 3.25. The quantitative estimate of drug-likeness (QED) is 0.127. The van der Waals surface area contributed by atoms with Crippen LogP contribution in [0.4, 0.5) is 5.69 Å². The molecule has 3 aromatic carbocycles. The maximum absolute atomic E-state index is 14.4. The van der Waals surface area contributed by atoms with E-state index in [0.717, 1.165) is 24.4 Å². The zero-order valence-electron chi connectivity index (χ0n) is 28.6. The summed E-state index contributed by atoms with van der Waals surface area (Å²) in [6.45, 7) is 5.08. The number of nitrogens with zero attached hydrogens (tertiary/aromatic N) is 3. The lowest BCUT2D eigenvalue weighted by Gasteiger charge is -2.39. The van der Waals surface area contributed by atoms with E-state index >= 15 is 0 Å². The minimum Gasteiger partial charge on any atom is -0.493 e. The number of hydrogen-bond donors (Lipinski definition) is 2. The van der Waals surface area contributed by atoms with E-state index in [4.69, 9.17) is 9.47 Å². The maximum atomic E-state index is 14.4. The molecule has 3 heterocycles. The van der Waals surface area contributed by atoms with Crippen molar-refractivity contribution in [2.24, 2.45) is 0 Å². The Morgan fingerprint density at radius 3 is 2.31 bits per heavy atom. The summed E-state index contributed by atoms with van der Waals surface area (Å²) in [6, 6.07) is 21.6. The molecule has 1 unspecified atom stereocenters. The molecule has 1 aromatic heterocycles. The predicted octanol–water partition coefficient (Wildman–Crippen LogP) is 5.44. The van der Waals surface area contributed by atoms with E-state index in [1.807, 2.05) is 24.3 Å². The largest absolute Gasteiger partial charge is 0.493 e. The minimum atomic E-state index is -4.12. The lowest BCUT2D eigenvalue weighted by Crippen LogP contribution is -2.47. The number of rotatable bonds is 14. The zero-order chi connectivity index (χ0) is 36.3. The number of piperazine rings is 1. The van der Waals surface area contributed by atoms with Crippen molar-refractivity contribution in [3.8, 4) is 11.5 Å². The summed E-state index contributed by atoms with van der Waals surface area (Å²) in [4.78, 5) is 45.4. The number of fused-ring (bicyclic) bond motifs is 1. The van der Waals surface area contributed by atoms with Gasteiger partial charge in [-0.3, -0.25) is 19.4 Å². The molecule has 0 aliphatic carbocycles. The molecule has 0 bridgehead atoms. The minimum absolute atomic E-state index is 0.0544. The fourth-order valence-electron chi connectivity index (χ4n) is 6.87. The number of sulfonamides is 1. The number of ether oxygens (including phenoxy) is 2. The molecule has 0 radical (unpaired) electrons. The molecule has 1 saturated heterocycles. The number of anilines is 1. The number of aromatic carboxylic acids is 1. The van der Waals surface area contributed by atoms with Gasteiger partial charge in [0.05, 0.1) is 37.1 Å². The molecule has 0 spiro atoms. The third-order valence-corrected chi connectivity index (χ3v) is 12.1. The molecular weight excluding hydrogens is 693 g/mol. The second kappa shape index (κ2) is 15.2. The first-order valence-electron chi connectivity index (χ1n) is 16.6. The average molecular weight is 733 g/mol. The number of carboxylic acid groups (broad SMARTS) is 1. The Balaban J connectivity index is 1.24. The van der Waals surface area contributed by atoms with Gasteiger partial charge >= 0.3 is 5.97 Å². The Bertz CT molecular complexity index is 2030. The van der Waals surface area contributed by atoms with Crippen LogP contribution in [0.25, 0.3) is 0 Å². The molecule has 6 rings (SSSR count). The summed E-state index contributed by atoms with van der Waals surface area (Å²) in [5.74, 6) is -1.29. The number of carboxylic acids is 1. The highest BCUT2D eigenvalue weighted by Gasteiger charge is 2.43. The van der Waals surface area contributed by atoms with Crippen molar-refractivity contribution in [3.05, 3.63) is 105 Å². The van der Waals surface area contributed by atoms with Crippen LogP contribution in [-0.2, 0) is 10.0 Å². The zero-order valence-corrected chi connectivity index (χ0v) is 30.2. The topological polar surface area (TPSA) is 146 Å². The molecule has 14 heteroatoms. The van der Waals surface area contributed by atoms with E-state index in [9.17, 15) is 27.9 Å². The maximum Gasteiger partial charge on any atom is 0.347 e. The summed E-state index contributed by atoms with van der Waals surface area (Å²) in [5, 5.41) is 10.8. The molecular formula is C37H40N4O8S2. The van der Waals surface area contributed by atoms with Crippen molar-refractivity contribution in [1.82, 2.24) is 14.5 Å². The van der Waals surface area contributed by atoms with Crippen molar-refractivity contribution < 1.29 is 37.4 Å². The van der Waals surface area contributed by atoms with E-state index in [-0.39, 0.29) is 35.2 Å². The molecule has 0 saturated carbocycles. The van der Waals surface area contributed by atoms with E-state index in [2.05, 4.69) is 33.6 Å². The highest BCUT2D eigenvalue weighted by Crippen LogP contribution is 2.41. The first-order chi connectivity index (χ1) is 24.6. The number of amides is 2. The molecule has 2 aliphatic heterocycles. The van der Waals surface area contributed by atoms with Crippen LogP contribution in [0, 0.1) is 0 Å². The molecule has 2 N–H and O–H groups in total. The van der Waals surface area contributed by atoms with Gasteiger partial charge in [-0.1, -0.05) is 42.5 Å². The van der Waals surface area contributed by atoms with Gasteiger partial charge in [-0.2, -0.15) is 0 Å². The van der Waals surface area contributed by atoms with Gasteiger partial charge in [-0.05, 0) is 66.6 Å². The highest BCUT2D eigenvalue weighted by molar-refractivity contribution is 7.89. The van der Waals surface area contributed by atoms with Crippen LogP contribution in [-0.4, -0.2) is 88.1 Å². The fourth-order valence-corrected chi connectivity index (χ4v) is 9.21. The van der Waals surface area contributed by atoms with Gasteiger partial charge in [0.2, 0.25) is 10.0 Å². The molecule has 2 aliphatic rings. The van der Waals surface area contributed by atoms with E-state index < -0.39 is 33.8 Å². The SMILES string of the molecule is COc1ccc(C(CCCNS(=O)(=O)c2ccsc2C(=O)O)N2C(=O)c3cccc(N4CCN([C@H](C)c5ccccc5)CC4)c3C2=O)cc1OC. The van der Waals surface area contributed by atoms with Crippen molar-refractivity contribution >= 4 is 44.8 Å². The molecule has 51 heavy (non-hydrogen) atoms. The molecule has 268 valence electrons. The number of thiophene rings is 1. The number of nitrogens with one attached hydrogen (secondary N) is 1. The Morgan fingerprint density at radius 1 is 0.902 bits per heavy atom. The highest BCUT2D eigenvalue weighted by atomic mass is 32.2. The first kappa shape index (κ1) is 36.0. The van der Waals surface area contributed by atoms with Crippen molar-refractivity contribution in [3.63, 3.8) is 0 Å². The summed E-state index contributed by atoms with van der Waals surface area (Å²) >= 11 is 0.827. The van der Waals surface area contributed by atoms with Gasteiger partial charge in [0, 0.05) is 38.8 Å². The van der Waals surface area contributed by atoms with Crippen molar-refractivity contribution in [2.45, 2.75) is 36.7 Å². The van der Waals surface area contributed by atoms with Crippen LogP contribution in [0.3, 0.4) is 0 Å². The number of imide groups is 1. The molecule has 4 aromatic rings. The Morgan fingerprint density at radius 2 is 1.63 bits per heavy atom. The second-order valence-corrected chi connectivity index (χ2v) is 15.0. The van der Waals surface area contributed by atoms with Crippen molar-refractivity contribution in [1.29, 1.82) is 0 Å². The monoisotopic (exact) mass is 732 g/mol. The van der Waals surface area contributed by atoms with Crippen molar-refractivity contribution in [2.75, 3.05) is 51.8 Å². The van der Waals surface area contributed by atoms with Gasteiger partial charge in [-0.25, -0.2) is 17.9 Å². The van der Waals surface area contributed by atoms with E-state index in [0.29, 0.717) is 47.0 Å². The second-order valence-electron chi connectivity index (χ2n) is 12.4. The number of carbonyl (C=O) groups excluding carboxylic acids is 2. The average Bonchev–Trinajstić information content (AvgIpc) is 3.76. The standard InChI is InChI=1S/C37H40N4O8S2/c1-24(25-9-5-4-6-10-25)39-18-20-40(21-19-39)29-12-7-11-27-33(29)36(43)41(35(27)42)28(26-14-15-30(48-2)31(23-26)49-3)13-8-17-38-51(46,47)32-16-22-50-34(32)37(44)45/h4-7,9-12,14-16,22-24,28,38H,8,13,17-21H2,1-3H3,(H,44,45)/t24-,28?/m1/s1. The first-order valence-corrected chi connectivity index (χ1v) is 19.0. The van der Waals surface area contributed by atoms with Crippen LogP contribution < -0.4 is 19.1 Å². The number of carbonyl (C=O) groups is 3. The van der Waals surface area contributed by atoms with Crippen LogP contribution in [0.1, 0.15) is 73.4 Å². The van der Waals surface area contributed by atoms with Gasteiger partial charge in [0.15, 0.2) is 11.5 Å². The smallest absolute Gasteiger partial charge is 0.347 e. The Labute approximate surface area is 301 Å². The van der Waals surface area contributed by atoms with E-state index in [1.54, 1.807) is 30.3 Å². The van der Waals surface area contributed by atoms with Crippen LogP contribution in [0.2, 0.25) is 0 Å². The third-order valence-electron chi connectivity index (χ3n) is 9.57. The van der Waals surface area contributed by atoms with Gasteiger partial charge < -0.3 is 19.5 Å². The Kier molecular flexibility index (Phi) is 10.8. The lowest BCUT2D eigenvalue weighted by atomic mass is 9.99. The van der Waals surface area contributed by atoms with Crippen LogP contribution in [0.5, 0.6) is 11.5 Å². The third kappa shape index (κ3) is 7.22. The summed E-state index contributed by atoms with van der Waals surface area (Å²) in [6.07, 6.45) is 0.441. The van der Waals surface area contributed by atoms with Gasteiger partial charge in [-0.15, -0.1) is 11.3 Å². The lowest BCUT2D eigenvalue weighted by molar-refractivity contribution is 0.0571. The summed E-state index contributed by atoms with van der Waals surface area (Å²) < 4.78 is 39.4. The Hall–Kier alpha value is -4.76. The number of methoxy groups -OCH3 is 2. The van der Waals surface area contributed by atoms with Crippen LogP contribution >= 0.6 is 11.3 Å².